The maximum absolute atomic E-state index is 14.3. The number of nitrogens with one attached hydrogen (secondary N) is 2. The van der Waals surface area contributed by atoms with Crippen molar-refractivity contribution in [2.45, 2.75) is 82.5 Å². The van der Waals surface area contributed by atoms with Gasteiger partial charge in [0.2, 0.25) is 5.91 Å². The van der Waals surface area contributed by atoms with Crippen LogP contribution >= 0.6 is 0 Å². The summed E-state index contributed by atoms with van der Waals surface area (Å²) in [7, 11) is 0. The lowest BCUT2D eigenvalue weighted by molar-refractivity contribution is -0.137. The Hall–Kier alpha value is -5.04. The van der Waals surface area contributed by atoms with Gasteiger partial charge in [0, 0.05) is 82.8 Å². The smallest absolute Gasteiger partial charge is 0.351 e. The molecule has 2 N–H and O–H groups in total. The van der Waals surface area contributed by atoms with E-state index < -0.39 is 12.1 Å². The van der Waals surface area contributed by atoms with Crippen LogP contribution in [0, 0.1) is 0 Å². The summed E-state index contributed by atoms with van der Waals surface area (Å²) >= 11 is 0. The molecule has 9 rings (SSSR count). The lowest BCUT2D eigenvalue weighted by atomic mass is 9.89. The zero-order chi connectivity index (χ0) is 38.7. The van der Waals surface area contributed by atoms with E-state index in [0.29, 0.717) is 51.5 Å². The first kappa shape index (κ1) is 37.5. The third kappa shape index (κ3) is 8.35. The van der Waals surface area contributed by atoms with Crippen molar-refractivity contribution in [2.24, 2.45) is 0 Å². The molecule has 3 aromatic carbocycles. The highest BCUT2D eigenvalue weighted by Gasteiger charge is 2.34. The number of para-hydroxylation sites is 1. The first-order valence-electron chi connectivity index (χ1n) is 21.1. The number of likely N-dealkylation sites (tertiary alicyclic amines) is 1. The number of hydroxylamine groups is 2. The van der Waals surface area contributed by atoms with E-state index >= 15 is 0 Å². The van der Waals surface area contributed by atoms with Gasteiger partial charge >= 0.3 is 11.8 Å². The Balaban J connectivity index is 0.817. The molecule has 5 heterocycles. The summed E-state index contributed by atoms with van der Waals surface area (Å²) in [5, 5.41) is 5.57. The molecule has 1 aliphatic carbocycles. The van der Waals surface area contributed by atoms with E-state index in [1.807, 2.05) is 29.2 Å². The summed E-state index contributed by atoms with van der Waals surface area (Å²) in [5.74, 6) is -0.0469. The van der Waals surface area contributed by atoms with Crippen LogP contribution in [0.3, 0.4) is 0 Å². The van der Waals surface area contributed by atoms with Crippen molar-refractivity contribution in [3.8, 4) is 0 Å². The highest BCUT2D eigenvalue weighted by molar-refractivity contribution is 6.01. The second-order valence-corrected chi connectivity index (χ2v) is 16.4. The highest BCUT2D eigenvalue weighted by atomic mass is 16.7. The molecule has 298 valence electrons. The summed E-state index contributed by atoms with van der Waals surface area (Å²) in [6, 6.07) is 24.7. The largest absolute Gasteiger partial charge is 0.426 e. The van der Waals surface area contributed by atoms with Gasteiger partial charge in [0.25, 0.3) is 0 Å². The predicted molar refractivity (Wildman–Crippen MR) is 221 cm³/mol. The fourth-order valence-corrected chi connectivity index (χ4v) is 9.71. The van der Waals surface area contributed by atoms with Gasteiger partial charge in [0.15, 0.2) is 0 Å². The fourth-order valence-electron chi connectivity index (χ4n) is 9.71. The van der Waals surface area contributed by atoms with Gasteiger partial charge in [0.05, 0.1) is 22.7 Å². The van der Waals surface area contributed by atoms with Crippen molar-refractivity contribution in [3.63, 3.8) is 0 Å². The molecule has 12 nitrogen and oxygen atoms in total. The normalized spacial score (nSPS) is 19.8. The van der Waals surface area contributed by atoms with Gasteiger partial charge in [-0.05, 0) is 79.7 Å². The average molecular weight is 771 g/mol. The third-order valence-electron chi connectivity index (χ3n) is 12.9. The number of piperazine rings is 1. The van der Waals surface area contributed by atoms with Crippen LogP contribution in [0.15, 0.2) is 83.8 Å². The van der Waals surface area contributed by atoms with E-state index in [2.05, 4.69) is 73.6 Å². The Kier molecular flexibility index (Phi) is 11.1. The summed E-state index contributed by atoms with van der Waals surface area (Å²) in [6.07, 6.45) is 9.22. The van der Waals surface area contributed by atoms with Crippen molar-refractivity contribution in [2.75, 3.05) is 52.4 Å². The summed E-state index contributed by atoms with van der Waals surface area (Å²) in [4.78, 5) is 61.7. The summed E-state index contributed by atoms with van der Waals surface area (Å²) in [5.41, 5.74) is 7.42. The lowest BCUT2D eigenvalue weighted by Gasteiger charge is -2.43. The molecule has 57 heavy (non-hydrogen) atoms. The Morgan fingerprint density at radius 1 is 0.789 bits per heavy atom. The maximum atomic E-state index is 14.3. The minimum absolute atomic E-state index is 0.0469. The minimum Gasteiger partial charge on any atom is -0.351 e. The maximum Gasteiger partial charge on any atom is 0.426 e. The number of hydrogen-bond acceptors (Lipinski definition) is 8. The minimum atomic E-state index is -0.734. The lowest BCUT2D eigenvalue weighted by Crippen LogP contribution is -2.56. The number of carbonyl (C=O) groups is 2. The molecule has 3 saturated heterocycles. The van der Waals surface area contributed by atoms with Gasteiger partial charge in [-0.1, -0.05) is 66.7 Å². The van der Waals surface area contributed by atoms with Gasteiger partial charge in [-0.15, -0.1) is 5.06 Å². The van der Waals surface area contributed by atoms with Crippen LogP contribution in [0.1, 0.15) is 66.8 Å². The number of imidazole rings is 1. The third-order valence-corrected chi connectivity index (χ3v) is 12.9. The number of carbonyl (C=O) groups excluding carboxylic acids is 2. The van der Waals surface area contributed by atoms with E-state index in [4.69, 9.17) is 4.84 Å². The number of rotatable bonds is 9. The van der Waals surface area contributed by atoms with Crippen LogP contribution in [-0.2, 0) is 35.4 Å². The van der Waals surface area contributed by atoms with Crippen LogP contribution in [0.5, 0.6) is 0 Å². The number of aromatic nitrogens is 3. The molecule has 3 fully saturated rings. The van der Waals surface area contributed by atoms with Crippen LogP contribution in [0.4, 0.5) is 4.79 Å². The number of fused-ring (bicyclic) bond motifs is 4. The number of nitrogens with zero attached hydrogens (tertiary/aromatic N) is 6. The van der Waals surface area contributed by atoms with E-state index in [9.17, 15) is 14.4 Å². The molecule has 0 spiro atoms. The number of pyridine rings is 1. The van der Waals surface area contributed by atoms with Gasteiger partial charge in [0.1, 0.15) is 6.04 Å². The molecule has 12 heteroatoms. The molecule has 0 unspecified atom stereocenters. The Morgan fingerprint density at radius 2 is 1.51 bits per heavy atom. The van der Waals surface area contributed by atoms with Crippen molar-refractivity contribution >= 4 is 33.9 Å². The fraction of sp³-hybridized carbons (Fsp3) is 0.467. The van der Waals surface area contributed by atoms with Gasteiger partial charge in [-0.25, -0.2) is 9.59 Å². The standard InChI is InChI=1S/C45H54N8O4/c54-43(51-20-16-36(17-21-51)50-26-24-49(25-27-50)31-32-8-2-1-3-9-32)40(29-33-14-15-34-10-4-5-11-35(34)28-33)47-45(56)57-52-22-18-37(19-23-52)53-41-30-46-39-13-7-6-12-38(39)42(41)48-44(53)55/h1-3,6-9,12-15,28,30,36-37,40H,4-5,10-11,16-27,29,31H2,(H,47,56)(H,48,55)/t40-/m1/s1. The predicted octanol–water partition coefficient (Wildman–Crippen LogP) is 5.45. The molecule has 4 aliphatic rings. The number of aromatic amines is 1. The van der Waals surface area contributed by atoms with Gasteiger partial charge in [-0.2, -0.15) is 0 Å². The zero-order valence-corrected chi connectivity index (χ0v) is 32.8. The monoisotopic (exact) mass is 770 g/mol. The Labute approximate surface area is 333 Å². The molecular weight excluding hydrogens is 717 g/mol. The first-order chi connectivity index (χ1) is 27.9. The van der Waals surface area contributed by atoms with Crippen LogP contribution in [0.2, 0.25) is 0 Å². The second-order valence-electron chi connectivity index (χ2n) is 16.4. The highest BCUT2D eigenvalue weighted by Crippen LogP contribution is 2.28. The Morgan fingerprint density at radius 3 is 2.30 bits per heavy atom. The van der Waals surface area contributed by atoms with Crippen LogP contribution in [0.25, 0.3) is 21.9 Å². The van der Waals surface area contributed by atoms with E-state index in [1.54, 1.807) is 15.8 Å². The van der Waals surface area contributed by atoms with E-state index in [1.165, 1.54) is 29.5 Å². The molecule has 0 bridgehead atoms. The number of H-pyrrole nitrogens is 1. The molecule has 5 aromatic rings. The van der Waals surface area contributed by atoms with Crippen LogP contribution < -0.4 is 11.0 Å². The number of piperidine rings is 2. The van der Waals surface area contributed by atoms with Gasteiger partial charge in [-0.3, -0.25) is 24.1 Å². The molecule has 2 aromatic heterocycles. The van der Waals surface area contributed by atoms with Crippen molar-refractivity contribution in [1.82, 2.24) is 39.6 Å². The van der Waals surface area contributed by atoms with E-state index in [0.717, 1.165) is 85.9 Å². The summed E-state index contributed by atoms with van der Waals surface area (Å²) in [6.45, 7) is 7.48. The molecular formula is C45H54N8O4. The van der Waals surface area contributed by atoms with Gasteiger partial charge < -0.3 is 20.0 Å². The quantitative estimate of drug-likeness (QED) is 0.203. The second kappa shape index (κ2) is 16.8. The molecule has 1 atom stereocenters. The molecule has 3 aliphatic heterocycles. The molecule has 2 amide bonds. The average Bonchev–Trinajstić information content (AvgIpc) is 3.60. The number of benzene rings is 3. The SMILES string of the molecule is O=C(N[C@H](Cc1ccc2c(c1)CCCC2)C(=O)N1CCC(N2CCN(Cc3ccccc3)CC2)CC1)ON1CCC(n2c(=O)[nH]c3c4ccccc4ncc32)CC1. The van der Waals surface area contributed by atoms with Crippen molar-refractivity contribution in [1.29, 1.82) is 0 Å². The van der Waals surface area contributed by atoms with Crippen molar-refractivity contribution in [3.05, 3.63) is 112 Å². The number of aryl methyl sites for hydroxylation is 2. The van der Waals surface area contributed by atoms with Crippen molar-refractivity contribution < 1.29 is 14.4 Å². The van der Waals surface area contributed by atoms with Crippen LogP contribution in [-0.4, -0.2) is 111 Å². The zero-order valence-electron chi connectivity index (χ0n) is 32.8. The van der Waals surface area contributed by atoms with E-state index in [-0.39, 0.29) is 17.6 Å². The number of amides is 2. The summed E-state index contributed by atoms with van der Waals surface area (Å²) < 4.78 is 1.80. The topological polar surface area (TPSA) is 119 Å². The molecule has 0 radical (unpaired) electrons. The molecule has 0 saturated carbocycles. The first-order valence-corrected chi connectivity index (χ1v) is 21.1. The Bertz CT molecular complexity index is 2250. The number of hydrogen-bond donors (Lipinski definition) is 2.